The van der Waals surface area contributed by atoms with Crippen LogP contribution in [0.25, 0.3) is 0 Å². The molecule has 0 spiro atoms. The highest BCUT2D eigenvalue weighted by Crippen LogP contribution is 2.44. The highest BCUT2D eigenvalue weighted by Gasteiger charge is 2.20. The summed E-state index contributed by atoms with van der Waals surface area (Å²) in [6, 6.07) is 0. The fourth-order valence-corrected chi connectivity index (χ4v) is 10.3. The first-order chi connectivity index (χ1) is 14.1. The summed E-state index contributed by atoms with van der Waals surface area (Å²) in [4.78, 5) is 24.7. The standard InChI is InChI=1S/C19H24O4S6/c1-3-16(20)22-7-5-14-9-26-18(28-14)11-24-13-25-12-19-27-10-15(29-19)6-8-23-17(21)4-2/h3-4,9-10,18-19H,1-2,5-8,11-13H2. The van der Waals surface area contributed by atoms with E-state index in [4.69, 9.17) is 9.47 Å². The number of carbonyl (C=O) groups excluding carboxylic acids is 2. The summed E-state index contributed by atoms with van der Waals surface area (Å²) in [6.07, 6.45) is 3.96. The zero-order valence-electron chi connectivity index (χ0n) is 15.9. The first kappa shape index (κ1) is 25.3. The highest BCUT2D eigenvalue weighted by atomic mass is 32.2. The van der Waals surface area contributed by atoms with E-state index in [0.717, 1.165) is 29.4 Å². The van der Waals surface area contributed by atoms with Crippen LogP contribution in [0.5, 0.6) is 0 Å². The molecule has 0 radical (unpaired) electrons. The number of carbonyl (C=O) groups is 2. The molecule has 2 aliphatic rings. The van der Waals surface area contributed by atoms with Crippen LogP contribution >= 0.6 is 70.6 Å². The van der Waals surface area contributed by atoms with E-state index in [1.165, 1.54) is 22.0 Å². The van der Waals surface area contributed by atoms with Crippen LogP contribution in [0.4, 0.5) is 0 Å². The van der Waals surface area contributed by atoms with Crippen molar-refractivity contribution in [3.05, 3.63) is 45.9 Å². The molecule has 2 rings (SSSR count). The van der Waals surface area contributed by atoms with Crippen LogP contribution < -0.4 is 0 Å². The van der Waals surface area contributed by atoms with Crippen molar-refractivity contribution in [1.29, 1.82) is 0 Å². The smallest absolute Gasteiger partial charge is 0.330 e. The van der Waals surface area contributed by atoms with Crippen molar-refractivity contribution in [3.8, 4) is 0 Å². The number of esters is 2. The monoisotopic (exact) mass is 508 g/mol. The zero-order valence-corrected chi connectivity index (χ0v) is 20.8. The van der Waals surface area contributed by atoms with E-state index in [0.29, 0.717) is 22.4 Å². The molecule has 0 aliphatic carbocycles. The molecule has 0 saturated carbocycles. The molecule has 0 fully saturated rings. The first-order valence-corrected chi connectivity index (χ1v) is 14.8. The molecule has 29 heavy (non-hydrogen) atoms. The van der Waals surface area contributed by atoms with Gasteiger partial charge in [0.15, 0.2) is 0 Å². The van der Waals surface area contributed by atoms with Gasteiger partial charge in [-0.2, -0.15) is 0 Å². The summed E-state index contributed by atoms with van der Waals surface area (Å²) in [5.41, 5.74) is 0. The van der Waals surface area contributed by atoms with Gasteiger partial charge >= 0.3 is 11.9 Å². The van der Waals surface area contributed by atoms with Gasteiger partial charge in [-0.3, -0.25) is 0 Å². The third-order valence-corrected chi connectivity index (χ3v) is 12.2. The van der Waals surface area contributed by atoms with Crippen LogP contribution in [0.15, 0.2) is 45.9 Å². The summed E-state index contributed by atoms with van der Waals surface area (Å²) >= 11 is 11.4. The number of rotatable bonds is 14. The molecule has 0 saturated heterocycles. The summed E-state index contributed by atoms with van der Waals surface area (Å²) in [6.45, 7) is 7.63. The lowest BCUT2D eigenvalue weighted by atomic mass is 10.4. The van der Waals surface area contributed by atoms with Crippen LogP contribution in [0.1, 0.15) is 12.8 Å². The van der Waals surface area contributed by atoms with Gasteiger partial charge < -0.3 is 9.47 Å². The molecule has 2 aliphatic heterocycles. The Hall–Kier alpha value is -0.000000000000000222. The highest BCUT2D eigenvalue weighted by molar-refractivity contribution is 8.25. The molecule has 0 N–H and O–H groups in total. The van der Waals surface area contributed by atoms with Gasteiger partial charge in [-0.1, -0.05) is 13.2 Å². The summed E-state index contributed by atoms with van der Waals surface area (Å²) < 4.78 is 11.2. The maximum atomic E-state index is 11.0. The van der Waals surface area contributed by atoms with Crippen molar-refractivity contribution in [1.82, 2.24) is 0 Å². The Morgan fingerprint density at radius 3 is 1.76 bits per heavy atom. The molecule has 4 nitrogen and oxygen atoms in total. The SMILES string of the molecule is C=CC(=O)OCCC1=CSC(CSCSCC2SC=C(CCOC(=O)C=C)S2)S1. The molecular formula is C19H24O4S6. The van der Waals surface area contributed by atoms with E-state index in [9.17, 15) is 9.59 Å². The van der Waals surface area contributed by atoms with Crippen LogP contribution in [0.2, 0.25) is 0 Å². The molecular weight excluding hydrogens is 485 g/mol. The second-order valence-corrected chi connectivity index (χ2v) is 13.5. The lowest BCUT2D eigenvalue weighted by molar-refractivity contribution is -0.138. The van der Waals surface area contributed by atoms with Gasteiger partial charge in [0.2, 0.25) is 0 Å². The minimum atomic E-state index is -0.359. The molecule has 160 valence electrons. The van der Waals surface area contributed by atoms with E-state index >= 15 is 0 Å². The van der Waals surface area contributed by atoms with Crippen LogP contribution in [0.3, 0.4) is 0 Å². The Bertz CT molecular complexity index is 595. The molecule has 2 atom stereocenters. The van der Waals surface area contributed by atoms with Crippen LogP contribution in [-0.2, 0) is 19.1 Å². The lowest BCUT2D eigenvalue weighted by Crippen LogP contribution is -2.03. The minimum absolute atomic E-state index is 0.359. The fourth-order valence-electron chi connectivity index (χ4n) is 2.10. The predicted molar refractivity (Wildman–Crippen MR) is 135 cm³/mol. The van der Waals surface area contributed by atoms with Gasteiger partial charge in [0.1, 0.15) is 0 Å². The molecule has 0 bridgehead atoms. The van der Waals surface area contributed by atoms with Gasteiger partial charge in [0.05, 0.1) is 22.4 Å². The second kappa shape index (κ2) is 14.9. The minimum Gasteiger partial charge on any atom is -0.462 e. The van der Waals surface area contributed by atoms with E-state index in [1.54, 1.807) is 0 Å². The van der Waals surface area contributed by atoms with Crippen LogP contribution in [0, 0.1) is 0 Å². The molecule has 0 aromatic rings. The molecule has 0 aromatic heterocycles. The number of hydrogen-bond donors (Lipinski definition) is 0. The molecule has 2 heterocycles. The van der Waals surface area contributed by atoms with Crippen LogP contribution in [-0.4, -0.2) is 50.9 Å². The fraction of sp³-hybridized carbons (Fsp3) is 0.474. The third kappa shape index (κ3) is 10.7. The second-order valence-electron chi connectivity index (χ2n) is 5.64. The Labute approximate surface area is 198 Å². The van der Waals surface area contributed by atoms with Gasteiger partial charge in [-0.15, -0.1) is 70.6 Å². The van der Waals surface area contributed by atoms with Crippen molar-refractivity contribution in [2.45, 2.75) is 22.0 Å². The Morgan fingerprint density at radius 2 is 1.34 bits per heavy atom. The van der Waals surface area contributed by atoms with E-state index in [-0.39, 0.29) is 11.9 Å². The average Bonchev–Trinajstić information content (AvgIpc) is 3.37. The number of hydrogen-bond acceptors (Lipinski definition) is 10. The molecule has 0 aromatic carbocycles. The van der Waals surface area contributed by atoms with Crippen molar-refractivity contribution < 1.29 is 19.1 Å². The number of thioether (sulfide) groups is 6. The zero-order chi connectivity index (χ0) is 20.9. The average molecular weight is 509 g/mol. The Morgan fingerprint density at radius 1 is 0.897 bits per heavy atom. The quantitative estimate of drug-likeness (QED) is 0.122. The van der Waals surface area contributed by atoms with Gasteiger partial charge in [-0.05, 0) is 20.6 Å². The van der Waals surface area contributed by atoms with E-state index in [2.05, 4.69) is 24.0 Å². The maximum Gasteiger partial charge on any atom is 0.330 e. The molecule has 10 heteroatoms. The first-order valence-electron chi connectivity index (χ1n) is 8.87. The van der Waals surface area contributed by atoms with Gasteiger partial charge in [0, 0.05) is 41.6 Å². The molecule has 2 unspecified atom stereocenters. The number of ether oxygens (including phenoxy) is 2. The molecule has 0 amide bonds. The Kier molecular flexibility index (Phi) is 13.0. The summed E-state index contributed by atoms with van der Waals surface area (Å²) in [7, 11) is 0. The predicted octanol–water partition coefficient (Wildman–Crippen LogP) is 5.94. The lowest BCUT2D eigenvalue weighted by Gasteiger charge is -2.11. The van der Waals surface area contributed by atoms with Gasteiger partial charge in [-0.25, -0.2) is 9.59 Å². The van der Waals surface area contributed by atoms with Crippen molar-refractivity contribution in [2.24, 2.45) is 0 Å². The summed E-state index contributed by atoms with van der Waals surface area (Å²) in [5.74, 6) is 1.50. The topological polar surface area (TPSA) is 52.6 Å². The largest absolute Gasteiger partial charge is 0.462 e. The van der Waals surface area contributed by atoms with Crippen molar-refractivity contribution in [3.63, 3.8) is 0 Å². The Balaban J connectivity index is 1.44. The van der Waals surface area contributed by atoms with Crippen molar-refractivity contribution >= 4 is 82.5 Å². The van der Waals surface area contributed by atoms with Gasteiger partial charge in [0.25, 0.3) is 0 Å². The summed E-state index contributed by atoms with van der Waals surface area (Å²) in [5, 5.41) is 5.47. The maximum absolute atomic E-state index is 11.0. The van der Waals surface area contributed by atoms with E-state index in [1.807, 2.05) is 70.6 Å². The van der Waals surface area contributed by atoms with Crippen molar-refractivity contribution in [2.75, 3.05) is 29.8 Å². The normalized spacial score (nSPS) is 20.7. The van der Waals surface area contributed by atoms with E-state index < -0.39 is 0 Å². The third-order valence-electron chi connectivity index (χ3n) is 3.46.